The van der Waals surface area contributed by atoms with E-state index in [9.17, 15) is 4.79 Å². The molecule has 2 aromatic rings. The van der Waals surface area contributed by atoms with E-state index < -0.39 is 6.16 Å². The van der Waals surface area contributed by atoms with Gasteiger partial charge in [0.05, 0.1) is 0 Å². The maximum atomic E-state index is 12.8. The first-order valence-electron chi connectivity index (χ1n) is 11.7. The summed E-state index contributed by atoms with van der Waals surface area (Å²) in [5.74, 6) is 3.38. The Kier molecular flexibility index (Phi) is 6.76. The van der Waals surface area contributed by atoms with Crippen LogP contribution in [0, 0.1) is 11.8 Å². The number of hydrogen-bond donors (Lipinski definition) is 0. The summed E-state index contributed by atoms with van der Waals surface area (Å²) in [4.78, 5) is 12.8. The van der Waals surface area contributed by atoms with Crippen LogP contribution in [0.15, 0.2) is 48.5 Å². The molecule has 4 atom stereocenters. The number of ether oxygens (including phenoxy) is 2. The lowest BCUT2D eigenvalue weighted by Crippen LogP contribution is -2.20. The molecule has 4 rings (SSSR count). The van der Waals surface area contributed by atoms with Crippen molar-refractivity contribution in [2.75, 3.05) is 0 Å². The fraction of sp³-hybridized carbons (Fsp3) is 0.519. The van der Waals surface area contributed by atoms with E-state index in [1.54, 1.807) is 0 Å². The van der Waals surface area contributed by atoms with Crippen molar-refractivity contribution in [3.8, 4) is 11.5 Å². The standard InChI is InChI=1S/C27H34O3/c1-19-11-3-5-13-21(19)23-15-7-9-17-25(23)29-27(28)30-26-18-10-8-16-24(26)22-14-6-4-12-20(22)2/h7-10,15-22H,3-6,11-14H2,1-2H3. The Morgan fingerprint density at radius 1 is 0.667 bits per heavy atom. The Hall–Kier alpha value is -2.29. The van der Waals surface area contributed by atoms with Crippen LogP contribution < -0.4 is 9.47 Å². The molecule has 30 heavy (non-hydrogen) atoms. The topological polar surface area (TPSA) is 35.5 Å². The molecular formula is C27H34O3. The SMILES string of the molecule is CC1CCCCC1c1ccccc1OC(=O)Oc1ccccc1C1CCCCC1C. The fourth-order valence-corrected chi connectivity index (χ4v) is 5.52. The van der Waals surface area contributed by atoms with Crippen LogP contribution in [-0.4, -0.2) is 6.16 Å². The zero-order chi connectivity index (χ0) is 20.9. The van der Waals surface area contributed by atoms with Crippen molar-refractivity contribution in [2.24, 2.45) is 11.8 Å². The molecule has 0 radical (unpaired) electrons. The summed E-state index contributed by atoms with van der Waals surface area (Å²) in [7, 11) is 0. The summed E-state index contributed by atoms with van der Waals surface area (Å²) in [6, 6.07) is 15.9. The van der Waals surface area contributed by atoms with Crippen molar-refractivity contribution in [1.29, 1.82) is 0 Å². The third kappa shape index (κ3) is 4.71. The molecule has 0 aliphatic heterocycles. The van der Waals surface area contributed by atoms with Crippen LogP contribution in [0.25, 0.3) is 0 Å². The molecule has 0 amide bonds. The Morgan fingerprint density at radius 3 is 1.50 bits per heavy atom. The van der Waals surface area contributed by atoms with Crippen LogP contribution in [0.5, 0.6) is 11.5 Å². The molecule has 2 aromatic carbocycles. The molecule has 3 heteroatoms. The van der Waals surface area contributed by atoms with Crippen LogP contribution in [-0.2, 0) is 0 Å². The normalized spacial score (nSPS) is 26.7. The third-order valence-corrected chi connectivity index (χ3v) is 7.25. The zero-order valence-corrected chi connectivity index (χ0v) is 18.3. The molecule has 0 heterocycles. The predicted octanol–water partition coefficient (Wildman–Crippen LogP) is 7.85. The molecule has 4 unspecified atom stereocenters. The van der Waals surface area contributed by atoms with Crippen LogP contribution in [0.2, 0.25) is 0 Å². The second-order valence-corrected chi connectivity index (χ2v) is 9.27. The molecule has 2 fully saturated rings. The average molecular weight is 407 g/mol. The summed E-state index contributed by atoms with van der Waals surface area (Å²) < 4.78 is 11.5. The van der Waals surface area contributed by atoms with Crippen LogP contribution in [0.1, 0.15) is 88.2 Å². The molecule has 0 saturated heterocycles. The van der Waals surface area contributed by atoms with E-state index in [1.165, 1.54) is 38.5 Å². The van der Waals surface area contributed by atoms with Gasteiger partial charge in [-0.2, -0.15) is 0 Å². The van der Waals surface area contributed by atoms with E-state index in [2.05, 4.69) is 26.0 Å². The molecule has 0 bridgehead atoms. The van der Waals surface area contributed by atoms with E-state index in [0.717, 1.165) is 24.0 Å². The predicted molar refractivity (Wildman–Crippen MR) is 120 cm³/mol. The number of carbonyl (C=O) groups excluding carboxylic acids is 1. The van der Waals surface area contributed by atoms with Gasteiger partial charge < -0.3 is 9.47 Å². The van der Waals surface area contributed by atoms with E-state index in [4.69, 9.17) is 9.47 Å². The highest BCUT2D eigenvalue weighted by Crippen LogP contribution is 2.42. The smallest absolute Gasteiger partial charge is 0.394 e. The van der Waals surface area contributed by atoms with Crippen LogP contribution in [0.4, 0.5) is 4.79 Å². The number of para-hydroxylation sites is 2. The van der Waals surface area contributed by atoms with Gasteiger partial charge in [-0.05, 0) is 59.8 Å². The minimum Gasteiger partial charge on any atom is -0.394 e. The summed E-state index contributed by atoms with van der Waals surface area (Å²) >= 11 is 0. The highest BCUT2D eigenvalue weighted by molar-refractivity contribution is 5.68. The molecule has 0 N–H and O–H groups in total. The number of rotatable bonds is 4. The van der Waals surface area contributed by atoms with Gasteiger partial charge in [0.25, 0.3) is 0 Å². The number of carbonyl (C=O) groups is 1. The summed E-state index contributed by atoms with van der Waals surface area (Å²) in [6.45, 7) is 4.61. The van der Waals surface area contributed by atoms with Crippen molar-refractivity contribution in [2.45, 2.75) is 77.0 Å². The highest BCUT2D eigenvalue weighted by atomic mass is 16.7. The van der Waals surface area contributed by atoms with Crippen molar-refractivity contribution in [1.82, 2.24) is 0 Å². The molecular weight excluding hydrogens is 372 g/mol. The van der Waals surface area contributed by atoms with Gasteiger partial charge in [-0.15, -0.1) is 0 Å². The molecule has 2 aliphatic carbocycles. The van der Waals surface area contributed by atoms with E-state index in [1.807, 2.05) is 36.4 Å². The Balaban J connectivity index is 1.50. The molecule has 0 spiro atoms. The first-order valence-corrected chi connectivity index (χ1v) is 11.7. The molecule has 3 nitrogen and oxygen atoms in total. The second kappa shape index (κ2) is 9.68. The maximum absolute atomic E-state index is 12.8. The molecule has 0 aromatic heterocycles. The first-order chi connectivity index (χ1) is 14.6. The average Bonchev–Trinajstić information content (AvgIpc) is 2.76. The van der Waals surface area contributed by atoms with Gasteiger partial charge in [0.2, 0.25) is 0 Å². The summed E-state index contributed by atoms with van der Waals surface area (Å²) in [5.41, 5.74) is 2.27. The molecule has 160 valence electrons. The highest BCUT2D eigenvalue weighted by Gasteiger charge is 2.28. The van der Waals surface area contributed by atoms with E-state index in [-0.39, 0.29) is 0 Å². The van der Waals surface area contributed by atoms with Crippen molar-refractivity contribution < 1.29 is 14.3 Å². The van der Waals surface area contributed by atoms with E-state index >= 15 is 0 Å². The second-order valence-electron chi connectivity index (χ2n) is 9.27. The Morgan fingerprint density at radius 2 is 1.07 bits per heavy atom. The lowest BCUT2D eigenvalue weighted by molar-refractivity contribution is 0.149. The van der Waals surface area contributed by atoms with Crippen molar-refractivity contribution >= 4 is 6.16 Å². The van der Waals surface area contributed by atoms with Crippen molar-refractivity contribution in [3.63, 3.8) is 0 Å². The quantitative estimate of drug-likeness (QED) is 0.383. The number of benzene rings is 2. The molecule has 2 aliphatic rings. The van der Waals surface area contributed by atoms with Gasteiger partial charge in [0, 0.05) is 0 Å². The van der Waals surface area contributed by atoms with Gasteiger partial charge in [0.15, 0.2) is 0 Å². The van der Waals surface area contributed by atoms with Gasteiger partial charge in [-0.1, -0.05) is 88.8 Å². The summed E-state index contributed by atoms with van der Waals surface area (Å²) in [5, 5.41) is 0. The lowest BCUT2D eigenvalue weighted by Gasteiger charge is -2.30. The number of hydrogen-bond acceptors (Lipinski definition) is 3. The largest absolute Gasteiger partial charge is 0.519 e. The van der Waals surface area contributed by atoms with E-state index in [0.29, 0.717) is 35.2 Å². The minimum absolute atomic E-state index is 0.443. The van der Waals surface area contributed by atoms with Gasteiger partial charge >= 0.3 is 6.16 Å². The monoisotopic (exact) mass is 406 g/mol. The Bertz CT molecular complexity index is 789. The van der Waals surface area contributed by atoms with Gasteiger partial charge in [0.1, 0.15) is 11.5 Å². The van der Waals surface area contributed by atoms with Crippen LogP contribution in [0.3, 0.4) is 0 Å². The zero-order valence-electron chi connectivity index (χ0n) is 18.3. The molecule has 2 saturated carbocycles. The fourth-order valence-electron chi connectivity index (χ4n) is 5.52. The van der Waals surface area contributed by atoms with Crippen LogP contribution >= 0.6 is 0 Å². The van der Waals surface area contributed by atoms with Gasteiger partial charge in [-0.25, -0.2) is 4.79 Å². The maximum Gasteiger partial charge on any atom is 0.519 e. The Labute approximate surface area is 180 Å². The van der Waals surface area contributed by atoms with Crippen molar-refractivity contribution in [3.05, 3.63) is 59.7 Å². The summed E-state index contributed by atoms with van der Waals surface area (Å²) in [6.07, 6.45) is 9.19. The first kappa shape index (κ1) is 21.0. The van der Waals surface area contributed by atoms with Gasteiger partial charge in [-0.3, -0.25) is 0 Å². The minimum atomic E-state index is -0.637. The lowest BCUT2D eigenvalue weighted by atomic mass is 9.76. The third-order valence-electron chi connectivity index (χ3n) is 7.25.